The molecule has 0 aromatic carbocycles. The first-order valence-electron chi connectivity index (χ1n) is 10.0. The zero-order valence-corrected chi connectivity index (χ0v) is 19.4. The summed E-state index contributed by atoms with van der Waals surface area (Å²) in [5.74, 6) is 0.398. The molecule has 176 valence electrons. The first kappa shape index (κ1) is 23.0. The van der Waals surface area contributed by atoms with E-state index in [-0.39, 0.29) is 38.9 Å². The summed E-state index contributed by atoms with van der Waals surface area (Å²) in [6.07, 6.45) is -2.07. The highest BCUT2D eigenvalue weighted by molar-refractivity contribution is 7.91. The van der Waals surface area contributed by atoms with E-state index in [0.29, 0.717) is 11.3 Å². The number of imidazole rings is 1. The van der Waals surface area contributed by atoms with Crippen molar-refractivity contribution in [2.75, 3.05) is 11.1 Å². The van der Waals surface area contributed by atoms with Gasteiger partial charge in [0.05, 0.1) is 23.0 Å². The van der Waals surface area contributed by atoms with Gasteiger partial charge < -0.3 is 9.88 Å². The number of halogens is 3. The summed E-state index contributed by atoms with van der Waals surface area (Å²) < 4.78 is 68.2. The Hall–Kier alpha value is -3.22. The molecule has 0 aliphatic heterocycles. The monoisotopic (exact) mass is 481 g/mol. The number of pyridine rings is 1. The largest absolute Gasteiger partial charge is 0.433 e. The van der Waals surface area contributed by atoms with Crippen molar-refractivity contribution in [3.05, 3.63) is 30.2 Å². The molecule has 4 aromatic rings. The van der Waals surface area contributed by atoms with Gasteiger partial charge in [-0.15, -0.1) is 0 Å². The van der Waals surface area contributed by atoms with Crippen LogP contribution in [-0.4, -0.2) is 48.8 Å². The molecule has 0 amide bonds. The van der Waals surface area contributed by atoms with Crippen molar-refractivity contribution in [3.63, 3.8) is 0 Å². The Morgan fingerprint density at radius 2 is 1.85 bits per heavy atom. The lowest BCUT2D eigenvalue weighted by molar-refractivity contribution is -0.141. The molecular weight excluding hydrogens is 459 g/mol. The molecule has 13 heteroatoms. The number of sulfone groups is 1. The van der Waals surface area contributed by atoms with Gasteiger partial charge in [0.1, 0.15) is 22.9 Å². The summed E-state index contributed by atoms with van der Waals surface area (Å²) in [7, 11) is -2.26. The fourth-order valence-corrected chi connectivity index (χ4v) is 4.40. The molecule has 0 aliphatic rings. The number of anilines is 1. The number of hydrogen-bond donors (Lipinski definition) is 1. The van der Waals surface area contributed by atoms with Crippen molar-refractivity contribution < 1.29 is 21.6 Å². The van der Waals surface area contributed by atoms with Crippen molar-refractivity contribution in [2.45, 2.75) is 44.4 Å². The van der Waals surface area contributed by atoms with Crippen LogP contribution in [0.5, 0.6) is 0 Å². The highest BCUT2D eigenvalue weighted by atomic mass is 32.2. The van der Waals surface area contributed by atoms with Crippen molar-refractivity contribution in [3.8, 4) is 11.4 Å². The second-order valence-corrected chi connectivity index (χ2v) is 10.8. The van der Waals surface area contributed by atoms with Crippen LogP contribution in [0.25, 0.3) is 28.1 Å². The minimum absolute atomic E-state index is 0.0259. The minimum atomic E-state index is -4.64. The summed E-state index contributed by atoms with van der Waals surface area (Å²) in [5, 5.41) is 7.35. The minimum Gasteiger partial charge on any atom is -0.365 e. The van der Waals surface area contributed by atoms with Gasteiger partial charge in [-0.1, -0.05) is 6.92 Å². The SMILES string of the molecule is CCS(=O)(=O)c1nn2c(NC(C)(C)C)ccnc2c1-c1nc2cc(C(F)(F)F)ncc2n1C. The zero-order valence-electron chi connectivity index (χ0n) is 18.6. The standard InChI is InChI=1S/C20H22F3N7O2S/c1-6-33(31,32)18-15(16-24-8-7-14(30(16)28-18)27-19(2,3)4)17-26-11-9-13(20(21,22)23)25-10-12(11)29(17)5/h7-10,27H,6H2,1-5H3. The first-order chi connectivity index (χ1) is 15.2. The molecule has 4 heterocycles. The summed E-state index contributed by atoms with van der Waals surface area (Å²) in [4.78, 5) is 12.2. The van der Waals surface area contributed by atoms with Crippen LogP contribution in [0.4, 0.5) is 19.0 Å². The Morgan fingerprint density at radius 3 is 2.45 bits per heavy atom. The molecule has 0 aliphatic carbocycles. The van der Waals surface area contributed by atoms with Crippen molar-refractivity contribution in [2.24, 2.45) is 7.05 Å². The predicted molar refractivity (Wildman–Crippen MR) is 117 cm³/mol. The number of rotatable bonds is 4. The van der Waals surface area contributed by atoms with Crippen molar-refractivity contribution >= 4 is 32.3 Å². The van der Waals surface area contributed by atoms with E-state index in [0.717, 1.165) is 12.3 Å². The molecule has 0 radical (unpaired) electrons. The molecular formula is C20H22F3N7O2S. The second-order valence-electron chi connectivity index (χ2n) is 8.57. The zero-order chi connectivity index (χ0) is 24.3. The Bertz CT molecular complexity index is 1480. The van der Waals surface area contributed by atoms with Crippen molar-refractivity contribution in [1.29, 1.82) is 0 Å². The Morgan fingerprint density at radius 1 is 1.15 bits per heavy atom. The predicted octanol–water partition coefficient (Wildman–Crippen LogP) is 3.70. The van der Waals surface area contributed by atoms with E-state index in [4.69, 9.17) is 0 Å². The van der Waals surface area contributed by atoms with Gasteiger partial charge in [-0.2, -0.15) is 22.8 Å². The fourth-order valence-electron chi connectivity index (χ4n) is 3.42. The molecule has 0 atom stereocenters. The lowest BCUT2D eigenvalue weighted by atomic mass is 10.1. The normalized spacial score (nSPS) is 13.2. The van der Waals surface area contributed by atoms with Crippen molar-refractivity contribution in [1.82, 2.24) is 29.1 Å². The molecule has 33 heavy (non-hydrogen) atoms. The summed E-state index contributed by atoms with van der Waals surface area (Å²) >= 11 is 0. The van der Waals surface area contributed by atoms with E-state index in [9.17, 15) is 21.6 Å². The molecule has 0 bridgehead atoms. The Balaban J connectivity index is 2.06. The molecule has 0 spiro atoms. The number of hydrogen-bond acceptors (Lipinski definition) is 7. The van der Waals surface area contributed by atoms with Gasteiger partial charge in [0, 0.05) is 18.8 Å². The van der Waals surface area contributed by atoms with E-state index in [1.807, 2.05) is 20.8 Å². The van der Waals surface area contributed by atoms with E-state index >= 15 is 0 Å². The van der Waals surface area contributed by atoms with E-state index in [1.54, 1.807) is 13.1 Å². The van der Waals surface area contributed by atoms with E-state index in [1.165, 1.54) is 22.2 Å². The van der Waals surface area contributed by atoms with E-state index in [2.05, 4.69) is 25.4 Å². The fraction of sp³-hybridized carbons (Fsp3) is 0.400. The summed E-state index contributed by atoms with van der Waals surface area (Å²) in [6, 6.07) is 2.49. The van der Waals surface area contributed by atoms with Crippen LogP contribution in [0.2, 0.25) is 0 Å². The highest BCUT2D eigenvalue weighted by Gasteiger charge is 2.34. The lowest BCUT2D eigenvalue weighted by Crippen LogP contribution is -2.27. The first-order valence-corrected chi connectivity index (χ1v) is 11.7. The van der Waals surface area contributed by atoms with Crippen LogP contribution in [0, 0.1) is 0 Å². The van der Waals surface area contributed by atoms with Gasteiger partial charge in [0.2, 0.25) is 0 Å². The van der Waals surface area contributed by atoms with Crippen LogP contribution < -0.4 is 5.32 Å². The molecule has 0 unspecified atom stereocenters. The maximum absolute atomic E-state index is 13.1. The summed E-state index contributed by atoms with van der Waals surface area (Å²) in [5.41, 5.74) is -0.794. The average Bonchev–Trinajstić information content (AvgIpc) is 3.25. The maximum atomic E-state index is 13.1. The lowest BCUT2D eigenvalue weighted by Gasteiger charge is -2.22. The Kier molecular flexibility index (Phi) is 5.15. The average molecular weight is 482 g/mol. The third kappa shape index (κ3) is 4.01. The topological polar surface area (TPSA) is 107 Å². The molecule has 0 saturated carbocycles. The van der Waals surface area contributed by atoms with Gasteiger partial charge in [0.15, 0.2) is 20.5 Å². The molecule has 9 nitrogen and oxygen atoms in total. The molecule has 4 aromatic heterocycles. The molecule has 0 fully saturated rings. The van der Waals surface area contributed by atoms with Crippen LogP contribution in [0.15, 0.2) is 29.6 Å². The van der Waals surface area contributed by atoms with Gasteiger partial charge >= 0.3 is 6.18 Å². The van der Waals surface area contributed by atoms with Gasteiger partial charge in [-0.3, -0.25) is 0 Å². The van der Waals surface area contributed by atoms with Gasteiger partial charge in [0.25, 0.3) is 0 Å². The van der Waals surface area contributed by atoms with Gasteiger partial charge in [-0.05, 0) is 32.9 Å². The molecule has 4 rings (SSSR count). The third-order valence-corrected chi connectivity index (χ3v) is 6.58. The summed E-state index contributed by atoms with van der Waals surface area (Å²) in [6.45, 7) is 7.29. The Labute approximate surface area is 187 Å². The number of nitrogens with one attached hydrogen (secondary N) is 1. The smallest absolute Gasteiger partial charge is 0.365 e. The van der Waals surface area contributed by atoms with Crippen LogP contribution in [0.3, 0.4) is 0 Å². The quantitative estimate of drug-likeness (QED) is 0.474. The maximum Gasteiger partial charge on any atom is 0.433 e. The number of aromatic nitrogens is 6. The highest BCUT2D eigenvalue weighted by Crippen LogP contribution is 2.35. The molecule has 1 N–H and O–H groups in total. The van der Waals surface area contributed by atoms with Crippen LogP contribution in [0.1, 0.15) is 33.4 Å². The van der Waals surface area contributed by atoms with E-state index < -0.39 is 21.7 Å². The second kappa shape index (κ2) is 7.40. The molecule has 0 saturated heterocycles. The number of fused-ring (bicyclic) bond motifs is 2. The number of aryl methyl sites for hydroxylation is 1. The number of alkyl halides is 3. The van der Waals surface area contributed by atoms with Gasteiger partial charge in [-0.25, -0.2) is 23.4 Å². The van der Waals surface area contributed by atoms with Crippen LogP contribution >= 0.6 is 0 Å². The number of nitrogens with zero attached hydrogens (tertiary/aromatic N) is 6. The van der Waals surface area contributed by atoms with Crippen LogP contribution in [-0.2, 0) is 23.1 Å². The third-order valence-electron chi connectivity index (χ3n) is 4.95.